The van der Waals surface area contributed by atoms with Crippen LogP contribution >= 0.6 is 11.8 Å². The van der Waals surface area contributed by atoms with E-state index in [0.717, 1.165) is 18.4 Å². The fourth-order valence-corrected chi connectivity index (χ4v) is 4.30. The van der Waals surface area contributed by atoms with Gasteiger partial charge >= 0.3 is 0 Å². The van der Waals surface area contributed by atoms with Crippen molar-refractivity contribution in [3.63, 3.8) is 0 Å². The van der Waals surface area contributed by atoms with Gasteiger partial charge < -0.3 is 4.90 Å². The molecule has 5 nitrogen and oxygen atoms in total. The van der Waals surface area contributed by atoms with Crippen LogP contribution in [0.3, 0.4) is 0 Å². The van der Waals surface area contributed by atoms with Crippen molar-refractivity contribution in [3.05, 3.63) is 66.0 Å². The molecule has 0 unspecified atom stereocenters. The van der Waals surface area contributed by atoms with Crippen molar-refractivity contribution in [2.75, 3.05) is 5.75 Å². The summed E-state index contributed by atoms with van der Waals surface area (Å²) in [6.45, 7) is 4.62. The van der Waals surface area contributed by atoms with Crippen molar-refractivity contribution in [2.24, 2.45) is 0 Å². The van der Waals surface area contributed by atoms with Gasteiger partial charge in [-0.3, -0.25) is 9.36 Å². The molecule has 156 valence electrons. The summed E-state index contributed by atoms with van der Waals surface area (Å²) < 4.78 is 16.3. The fourth-order valence-electron chi connectivity index (χ4n) is 3.41. The normalized spacial score (nSPS) is 13.6. The Morgan fingerprint density at radius 3 is 2.50 bits per heavy atom. The van der Waals surface area contributed by atoms with Gasteiger partial charge in [-0.05, 0) is 44.4 Å². The Hall–Kier alpha value is -2.67. The number of aromatic nitrogens is 3. The van der Waals surface area contributed by atoms with Crippen LogP contribution in [0.4, 0.5) is 4.39 Å². The summed E-state index contributed by atoms with van der Waals surface area (Å²) in [5.41, 5.74) is 1.55. The first-order chi connectivity index (χ1) is 14.5. The van der Waals surface area contributed by atoms with Crippen LogP contribution in [0.15, 0.2) is 59.8 Å². The summed E-state index contributed by atoms with van der Waals surface area (Å²) in [5, 5.41) is 9.23. The van der Waals surface area contributed by atoms with Crippen LogP contribution in [0.1, 0.15) is 38.3 Å². The molecule has 1 aromatic heterocycles. The third-order valence-corrected chi connectivity index (χ3v) is 6.08. The van der Waals surface area contributed by atoms with Crippen LogP contribution in [0.5, 0.6) is 0 Å². The summed E-state index contributed by atoms with van der Waals surface area (Å²) in [6, 6.07) is 17.0. The van der Waals surface area contributed by atoms with Crippen molar-refractivity contribution < 1.29 is 9.18 Å². The Bertz CT molecular complexity index is 1020. The van der Waals surface area contributed by atoms with Crippen molar-refractivity contribution in [2.45, 2.75) is 50.5 Å². The smallest absolute Gasteiger partial charge is 0.233 e. The summed E-state index contributed by atoms with van der Waals surface area (Å²) in [4.78, 5) is 14.9. The molecule has 0 aliphatic heterocycles. The van der Waals surface area contributed by atoms with Crippen LogP contribution in [-0.2, 0) is 11.3 Å². The average Bonchev–Trinajstić information content (AvgIpc) is 3.50. The van der Waals surface area contributed by atoms with Crippen molar-refractivity contribution in [1.29, 1.82) is 0 Å². The Balaban J connectivity index is 1.50. The average molecular weight is 425 g/mol. The van der Waals surface area contributed by atoms with Gasteiger partial charge in [0.05, 0.1) is 11.3 Å². The topological polar surface area (TPSA) is 51.0 Å². The Morgan fingerprint density at radius 2 is 1.83 bits per heavy atom. The molecule has 2 aromatic carbocycles. The number of hydrogen-bond donors (Lipinski definition) is 0. The lowest BCUT2D eigenvalue weighted by molar-refractivity contribution is -0.130. The SMILES string of the molecule is CC(C)N(Cc1ccccc1)C(=O)CSc1nnc(-c2ccccc2F)n1C1CC1. The Kier molecular flexibility index (Phi) is 6.18. The van der Waals surface area contributed by atoms with E-state index in [-0.39, 0.29) is 29.6 Å². The second-order valence-corrected chi connectivity index (χ2v) is 8.72. The maximum Gasteiger partial charge on any atom is 0.233 e. The standard InChI is InChI=1S/C23H25FN4OS/c1-16(2)27(14-17-8-4-3-5-9-17)21(29)15-30-23-26-25-22(28(23)18-12-13-18)19-10-6-7-11-20(19)24/h3-11,16,18H,12-15H2,1-2H3. The minimum absolute atomic E-state index is 0.0524. The molecule has 30 heavy (non-hydrogen) atoms. The number of carbonyl (C=O) groups is 1. The second kappa shape index (κ2) is 9.00. The molecule has 1 amide bonds. The first-order valence-corrected chi connectivity index (χ1v) is 11.2. The molecule has 0 atom stereocenters. The Labute approximate surface area is 180 Å². The zero-order valence-corrected chi connectivity index (χ0v) is 18.0. The molecular formula is C23H25FN4OS. The molecule has 3 aromatic rings. The van der Waals surface area contributed by atoms with Gasteiger partial charge in [0.25, 0.3) is 0 Å². The van der Waals surface area contributed by atoms with Gasteiger partial charge in [-0.15, -0.1) is 10.2 Å². The fraction of sp³-hybridized carbons (Fsp3) is 0.348. The number of benzene rings is 2. The third kappa shape index (κ3) is 4.56. The molecule has 0 N–H and O–H groups in total. The molecule has 1 heterocycles. The van der Waals surface area contributed by atoms with Gasteiger partial charge in [0, 0.05) is 18.6 Å². The van der Waals surface area contributed by atoms with E-state index in [9.17, 15) is 9.18 Å². The van der Waals surface area contributed by atoms with Gasteiger partial charge in [-0.25, -0.2) is 4.39 Å². The van der Waals surface area contributed by atoms with E-state index in [2.05, 4.69) is 10.2 Å². The molecule has 1 fully saturated rings. The molecule has 7 heteroatoms. The van der Waals surface area contributed by atoms with Gasteiger partial charge in [0.1, 0.15) is 5.82 Å². The maximum absolute atomic E-state index is 14.3. The number of carbonyl (C=O) groups excluding carboxylic acids is 1. The highest BCUT2D eigenvalue weighted by Gasteiger charge is 2.31. The van der Waals surface area contributed by atoms with Gasteiger partial charge in [-0.2, -0.15) is 0 Å². The zero-order valence-electron chi connectivity index (χ0n) is 17.2. The lowest BCUT2D eigenvalue weighted by Gasteiger charge is -2.27. The van der Waals surface area contributed by atoms with Gasteiger partial charge in [0.15, 0.2) is 11.0 Å². The lowest BCUT2D eigenvalue weighted by atomic mass is 10.2. The van der Waals surface area contributed by atoms with Crippen LogP contribution in [0.25, 0.3) is 11.4 Å². The van der Waals surface area contributed by atoms with E-state index in [1.165, 1.54) is 17.8 Å². The number of nitrogens with zero attached hydrogens (tertiary/aromatic N) is 4. The van der Waals surface area contributed by atoms with Gasteiger partial charge in [0.2, 0.25) is 5.91 Å². The van der Waals surface area contributed by atoms with Gasteiger partial charge in [-0.1, -0.05) is 54.2 Å². The van der Waals surface area contributed by atoms with Crippen LogP contribution < -0.4 is 0 Å². The van der Waals surface area contributed by atoms with Crippen LogP contribution in [0.2, 0.25) is 0 Å². The molecule has 4 rings (SSSR count). The quantitative estimate of drug-likeness (QED) is 0.480. The highest BCUT2D eigenvalue weighted by Crippen LogP contribution is 2.41. The second-order valence-electron chi connectivity index (χ2n) is 7.78. The zero-order chi connectivity index (χ0) is 21.1. The predicted octanol–water partition coefficient (Wildman–Crippen LogP) is 4.95. The van der Waals surface area contributed by atoms with E-state index >= 15 is 0 Å². The van der Waals surface area contributed by atoms with E-state index in [1.807, 2.05) is 53.6 Å². The third-order valence-electron chi connectivity index (χ3n) is 5.16. The molecule has 0 radical (unpaired) electrons. The number of rotatable bonds is 8. The van der Waals surface area contributed by atoms with E-state index in [4.69, 9.17) is 0 Å². The van der Waals surface area contributed by atoms with Crippen LogP contribution in [-0.4, -0.2) is 37.4 Å². The van der Waals surface area contributed by atoms with E-state index in [1.54, 1.807) is 18.2 Å². The molecule has 0 saturated heterocycles. The number of amides is 1. The van der Waals surface area contributed by atoms with Crippen LogP contribution in [0, 0.1) is 5.82 Å². The molecule has 1 saturated carbocycles. The lowest BCUT2D eigenvalue weighted by Crippen LogP contribution is -2.37. The number of thioether (sulfide) groups is 1. The van der Waals surface area contributed by atoms with E-state index in [0.29, 0.717) is 23.1 Å². The summed E-state index contributed by atoms with van der Waals surface area (Å²) in [7, 11) is 0. The predicted molar refractivity (Wildman–Crippen MR) is 117 cm³/mol. The minimum Gasteiger partial charge on any atom is -0.335 e. The van der Waals surface area contributed by atoms with Crippen molar-refractivity contribution in [1.82, 2.24) is 19.7 Å². The molecular weight excluding hydrogens is 399 g/mol. The monoisotopic (exact) mass is 424 g/mol. The molecule has 0 spiro atoms. The highest BCUT2D eigenvalue weighted by atomic mass is 32.2. The molecule has 1 aliphatic rings. The number of halogens is 1. The minimum atomic E-state index is -0.312. The van der Waals surface area contributed by atoms with E-state index < -0.39 is 0 Å². The summed E-state index contributed by atoms with van der Waals surface area (Å²) in [5.74, 6) is 0.549. The summed E-state index contributed by atoms with van der Waals surface area (Å²) >= 11 is 1.38. The van der Waals surface area contributed by atoms with Crippen molar-refractivity contribution >= 4 is 17.7 Å². The highest BCUT2D eigenvalue weighted by molar-refractivity contribution is 7.99. The molecule has 0 bridgehead atoms. The maximum atomic E-state index is 14.3. The first kappa shape index (κ1) is 20.6. The largest absolute Gasteiger partial charge is 0.335 e. The number of hydrogen-bond acceptors (Lipinski definition) is 4. The molecule has 1 aliphatic carbocycles. The first-order valence-electron chi connectivity index (χ1n) is 10.2. The van der Waals surface area contributed by atoms with Crippen molar-refractivity contribution in [3.8, 4) is 11.4 Å². The Morgan fingerprint density at radius 1 is 1.13 bits per heavy atom. The summed E-state index contributed by atoms with van der Waals surface area (Å²) in [6.07, 6.45) is 2.04.